The molecule has 2 aromatic carbocycles. The van der Waals surface area contributed by atoms with Crippen LogP contribution in [0, 0.1) is 13.8 Å². The Hall–Kier alpha value is -3.53. The zero-order valence-corrected chi connectivity index (χ0v) is 32.8. The van der Waals surface area contributed by atoms with Gasteiger partial charge in [0.15, 0.2) is 0 Å². The van der Waals surface area contributed by atoms with Crippen molar-refractivity contribution >= 4 is 35.6 Å². The summed E-state index contributed by atoms with van der Waals surface area (Å²) in [6, 6.07) is 12.1. The van der Waals surface area contributed by atoms with Crippen LogP contribution in [0.15, 0.2) is 48.5 Å². The molecule has 3 atom stereocenters. The molecule has 0 aliphatic heterocycles. The maximum absolute atomic E-state index is 14.8. The number of hydrogen-bond acceptors (Lipinski definition) is 7. The zero-order valence-electron chi connectivity index (χ0n) is 32.0. The first-order chi connectivity index (χ1) is 23.5. The second kappa shape index (κ2) is 20.4. The summed E-state index contributed by atoms with van der Waals surface area (Å²) in [6.07, 6.45) is 6.50. The number of benzene rings is 2. The number of hydrogen-bond donors (Lipinski definition) is 2. The summed E-state index contributed by atoms with van der Waals surface area (Å²) in [5.41, 5.74) is 1.82. The zero-order chi connectivity index (χ0) is 37.5. The Labute approximate surface area is 305 Å². The molecular weight excluding hydrogens is 651 g/mol. The fourth-order valence-corrected chi connectivity index (χ4v) is 6.05. The lowest BCUT2D eigenvalue weighted by Crippen LogP contribution is -2.55. The van der Waals surface area contributed by atoms with Gasteiger partial charge in [0.1, 0.15) is 29.3 Å². The standard InChI is InChI=1S/C40H61N3O6S/c1-11-12-13-14-18-25-43(36(45)32(24-26-50-10)42-38(47)49-40(7,8)9)34(31-23-19-20-28(2)29(31)3)35(44)41-33(37(46)48-39(4,5)6)27-30-21-16-15-17-22-30/h15-17,19-23,32-34H,11-14,18,24-27H2,1-10H3,(H,41,44)(H,42,47). The van der Waals surface area contributed by atoms with Crippen molar-refractivity contribution in [3.05, 3.63) is 70.8 Å². The lowest BCUT2D eigenvalue weighted by molar-refractivity contribution is -0.159. The number of carbonyl (C=O) groups excluding carboxylic acids is 4. The Bertz CT molecular complexity index is 1390. The largest absolute Gasteiger partial charge is 0.458 e. The molecular formula is C40H61N3O6S. The first-order valence-corrected chi connectivity index (χ1v) is 19.3. The molecule has 0 bridgehead atoms. The molecule has 278 valence electrons. The number of nitrogens with zero attached hydrogens (tertiary/aromatic N) is 1. The van der Waals surface area contributed by atoms with E-state index in [-0.39, 0.29) is 18.9 Å². The van der Waals surface area contributed by atoms with Crippen LogP contribution >= 0.6 is 11.8 Å². The van der Waals surface area contributed by atoms with Gasteiger partial charge >= 0.3 is 12.1 Å². The van der Waals surface area contributed by atoms with E-state index in [9.17, 15) is 19.2 Å². The third-order valence-electron chi connectivity index (χ3n) is 8.18. The summed E-state index contributed by atoms with van der Waals surface area (Å²) in [7, 11) is 0. The molecule has 0 aromatic heterocycles. The molecule has 2 aromatic rings. The van der Waals surface area contributed by atoms with Gasteiger partial charge in [-0.3, -0.25) is 9.59 Å². The van der Waals surface area contributed by atoms with Crippen molar-refractivity contribution in [2.75, 3.05) is 18.6 Å². The van der Waals surface area contributed by atoms with E-state index in [2.05, 4.69) is 17.6 Å². The van der Waals surface area contributed by atoms with Crippen LogP contribution in [0.5, 0.6) is 0 Å². The normalized spacial score (nSPS) is 13.5. The van der Waals surface area contributed by atoms with E-state index in [1.54, 1.807) is 58.2 Å². The van der Waals surface area contributed by atoms with Gasteiger partial charge in [-0.15, -0.1) is 0 Å². The average Bonchev–Trinajstić information content (AvgIpc) is 3.02. The molecule has 0 spiro atoms. The molecule has 2 rings (SSSR count). The van der Waals surface area contributed by atoms with Gasteiger partial charge in [-0.2, -0.15) is 11.8 Å². The number of esters is 1. The highest BCUT2D eigenvalue weighted by Crippen LogP contribution is 2.29. The van der Waals surface area contributed by atoms with Crippen LogP contribution in [0.3, 0.4) is 0 Å². The van der Waals surface area contributed by atoms with Gasteiger partial charge in [0.05, 0.1) is 0 Å². The van der Waals surface area contributed by atoms with Crippen LogP contribution in [0.25, 0.3) is 0 Å². The summed E-state index contributed by atoms with van der Waals surface area (Å²) in [5, 5.41) is 5.83. The van der Waals surface area contributed by atoms with Gasteiger partial charge in [-0.05, 0) is 102 Å². The second-order valence-corrected chi connectivity index (χ2v) is 15.9. The Kier molecular flexibility index (Phi) is 17.4. The van der Waals surface area contributed by atoms with Crippen LogP contribution in [-0.2, 0) is 30.3 Å². The molecule has 3 amide bonds. The molecule has 9 nitrogen and oxygen atoms in total. The van der Waals surface area contributed by atoms with Crippen molar-refractivity contribution in [2.45, 2.75) is 137 Å². The van der Waals surface area contributed by atoms with Crippen LogP contribution in [-0.4, -0.2) is 70.6 Å². The number of nitrogens with one attached hydrogen (secondary N) is 2. The van der Waals surface area contributed by atoms with Crippen LogP contribution in [0.2, 0.25) is 0 Å². The maximum atomic E-state index is 14.8. The van der Waals surface area contributed by atoms with Crippen molar-refractivity contribution in [2.24, 2.45) is 0 Å². The van der Waals surface area contributed by atoms with Gasteiger partial charge in [-0.25, -0.2) is 9.59 Å². The number of rotatable bonds is 18. The Morgan fingerprint density at radius 1 is 0.800 bits per heavy atom. The van der Waals surface area contributed by atoms with Crippen molar-refractivity contribution < 1.29 is 28.7 Å². The topological polar surface area (TPSA) is 114 Å². The molecule has 50 heavy (non-hydrogen) atoms. The van der Waals surface area contributed by atoms with E-state index in [0.717, 1.165) is 42.4 Å². The molecule has 10 heteroatoms. The highest BCUT2D eigenvalue weighted by atomic mass is 32.2. The molecule has 0 saturated heterocycles. The SMILES string of the molecule is CCCCCCCN(C(=O)C(CCSC)NC(=O)OC(C)(C)C)C(C(=O)NC(Cc1ccccc1)C(=O)OC(C)(C)C)c1cccc(C)c1C. The van der Waals surface area contributed by atoms with E-state index in [1.165, 1.54) is 0 Å². The Morgan fingerprint density at radius 2 is 1.44 bits per heavy atom. The predicted octanol–water partition coefficient (Wildman–Crippen LogP) is 7.86. The molecule has 2 N–H and O–H groups in total. The van der Waals surface area contributed by atoms with Gasteiger partial charge < -0.3 is 25.0 Å². The number of aryl methyl sites for hydroxylation is 1. The maximum Gasteiger partial charge on any atom is 0.408 e. The van der Waals surface area contributed by atoms with Crippen molar-refractivity contribution in [1.82, 2.24) is 15.5 Å². The Morgan fingerprint density at radius 3 is 2.04 bits per heavy atom. The van der Waals surface area contributed by atoms with Crippen LogP contribution < -0.4 is 10.6 Å². The minimum Gasteiger partial charge on any atom is -0.458 e. The summed E-state index contributed by atoms with van der Waals surface area (Å²) in [4.78, 5) is 57.8. The third kappa shape index (κ3) is 14.8. The second-order valence-electron chi connectivity index (χ2n) is 14.9. The molecule has 0 aliphatic carbocycles. The number of thioether (sulfide) groups is 1. The van der Waals surface area contributed by atoms with Gasteiger partial charge in [-0.1, -0.05) is 81.1 Å². The highest BCUT2D eigenvalue weighted by molar-refractivity contribution is 7.98. The lowest BCUT2D eigenvalue weighted by Gasteiger charge is -2.36. The van der Waals surface area contributed by atoms with Crippen molar-refractivity contribution in [1.29, 1.82) is 0 Å². The fourth-order valence-electron chi connectivity index (χ4n) is 5.58. The van der Waals surface area contributed by atoms with Gasteiger partial charge in [0.2, 0.25) is 11.8 Å². The van der Waals surface area contributed by atoms with Crippen LogP contribution in [0.4, 0.5) is 4.79 Å². The molecule has 3 unspecified atom stereocenters. The van der Waals surface area contributed by atoms with Gasteiger partial charge in [0.25, 0.3) is 0 Å². The molecule has 0 saturated carbocycles. The highest BCUT2D eigenvalue weighted by Gasteiger charge is 2.39. The summed E-state index contributed by atoms with van der Waals surface area (Å²) < 4.78 is 11.3. The van der Waals surface area contributed by atoms with Crippen molar-refractivity contribution in [3.8, 4) is 0 Å². The quantitative estimate of drug-likeness (QED) is 0.120. The van der Waals surface area contributed by atoms with E-state index in [4.69, 9.17) is 9.47 Å². The molecule has 0 aliphatic rings. The smallest absolute Gasteiger partial charge is 0.408 e. The third-order valence-corrected chi connectivity index (χ3v) is 8.82. The van der Waals surface area contributed by atoms with E-state index in [1.807, 2.05) is 68.6 Å². The lowest BCUT2D eigenvalue weighted by atomic mass is 9.94. The molecule has 0 radical (unpaired) electrons. The average molecular weight is 712 g/mol. The number of unbranched alkanes of at least 4 members (excludes halogenated alkanes) is 4. The fraction of sp³-hybridized carbons (Fsp3) is 0.600. The first-order valence-electron chi connectivity index (χ1n) is 17.9. The minimum atomic E-state index is -1.08. The predicted molar refractivity (Wildman–Crippen MR) is 203 cm³/mol. The summed E-state index contributed by atoms with van der Waals surface area (Å²) in [6.45, 7) is 17.0. The number of carbonyl (C=O) groups is 4. The number of alkyl carbamates (subject to hydrolysis) is 1. The minimum absolute atomic E-state index is 0.211. The van der Waals surface area contributed by atoms with E-state index >= 15 is 0 Å². The van der Waals surface area contributed by atoms with Crippen molar-refractivity contribution in [3.63, 3.8) is 0 Å². The van der Waals surface area contributed by atoms with E-state index < -0.39 is 47.3 Å². The first kappa shape index (κ1) is 42.6. The van der Waals surface area contributed by atoms with Crippen LogP contribution in [0.1, 0.15) is 115 Å². The van der Waals surface area contributed by atoms with E-state index in [0.29, 0.717) is 24.2 Å². The molecule has 0 heterocycles. The number of amides is 3. The number of ether oxygens (including phenoxy) is 2. The van der Waals surface area contributed by atoms with Gasteiger partial charge in [0, 0.05) is 13.0 Å². The Balaban J connectivity index is 2.68. The monoisotopic (exact) mass is 711 g/mol. The molecule has 0 fully saturated rings. The summed E-state index contributed by atoms with van der Waals surface area (Å²) in [5.74, 6) is -0.822. The summed E-state index contributed by atoms with van der Waals surface area (Å²) >= 11 is 1.57.